The van der Waals surface area contributed by atoms with Gasteiger partial charge in [0.25, 0.3) is 0 Å². The maximum Gasteiger partial charge on any atom is 0.230 e. The fourth-order valence-corrected chi connectivity index (χ4v) is 6.40. The molecule has 1 N–H and O–H groups in total. The molecule has 1 heterocycles. The number of fused-ring (bicyclic) bond motifs is 3. The van der Waals surface area contributed by atoms with Crippen molar-refractivity contribution in [2.24, 2.45) is 17.8 Å². The molecule has 1 aromatic carbocycles. The Morgan fingerprint density at radius 1 is 1.46 bits per heavy atom. The second kappa shape index (κ2) is 6.85. The van der Waals surface area contributed by atoms with Crippen LogP contribution in [0.3, 0.4) is 0 Å². The van der Waals surface area contributed by atoms with Crippen LogP contribution in [0.2, 0.25) is 5.02 Å². The molecule has 2 fully saturated rings. The minimum Gasteiger partial charge on any atom is -0.353 e. The highest BCUT2D eigenvalue weighted by Crippen LogP contribution is 2.49. The first-order chi connectivity index (χ1) is 11.6. The van der Waals surface area contributed by atoms with Crippen molar-refractivity contribution >= 4 is 50.8 Å². The van der Waals surface area contributed by atoms with E-state index in [9.17, 15) is 4.79 Å². The number of thioether (sulfide) groups is 1. The standard InChI is InChI=1S/C18H21ClN2OS2/c1-10(14-7-11-2-3-12(14)6-11)20-17(22)9-23-18-21-15-8-13(19)4-5-16(15)24-18/h4-5,8,10-12,14H,2-3,6-7,9H2,1H3,(H,20,22)/t10-,11-,12-,14-/m0/s1. The second-order valence-electron chi connectivity index (χ2n) is 7.08. The Balaban J connectivity index is 1.31. The number of benzene rings is 1. The lowest BCUT2D eigenvalue weighted by Gasteiger charge is -2.28. The van der Waals surface area contributed by atoms with Gasteiger partial charge in [0.1, 0.15) is 0 Å². The quantitative estimate of drug-likeness (QED) is 0.743. The molecule has 128 valence electrons. The van der Waals surface area contributed by atoms with Crippen molar-refractivity contribution < 1.29 is 4.79 Å². The number of halogens is 1. The van der Waals surface area contributed by atoms with E-state index in [0.29, 0.717) is 22.7 Å². The lowest BCUT2D eigenvalue weighted by molar-refractivity contribution is -0.119. The number of amides is 1. The monoisotopic (exact) mass is 380 g/mol. The van der Waals surface area contributed by atoms with E-state index in [4.69, 9.17) is 11.6 Å². The summed E-state index contributed by atoms with van der Waals surface area (Å²) >= 11 is 9.12. The Morgan fingerprint density at radius 2 is 2.33 bits per heavy atom. The van der Waals surface area contributed by atoms with Crippen LogP contribution in [0.4, 0.5) is 0 Å². The first-order valence-corrected chi connectivity index (χ1v) is 10.7. The minimum atomic E-state index is 0.118. The van der Waals surface area contributed by atoms with Crippen LogP contribution in [0, 0.1) is 17.8 Å². The summed E-state index contributed by atoms with van der Waals surface area (Å²) in [6.45, 7) is 2.17. The van der Waals surface area contributed by atoms with E-state index in [1.54, 1.807) is 11.3 Å². The van der Waals surface area contributed by atoms with Gasteiger partial charge < -0.3 is 5.32 Å². The van der Waals surface area contributed by atoms with Crippen molar-refractivity contribution in [1.29, 1.82) is 0 Å². The smallest absolute Gasteiger partial charge is 0.230 e. The Labute approximate surface area is 155 Å². The Hall–Kier alpha value is -0.780. The summed E-state index contributed by atoms with van der Waals surface area (Å²) in [6, 6.07) is 6.02. The molecule has 3 nitrogen and oxygen atoms in total. The lowest BCUT2D eigenvalue weighted by atomic mass is 9.84. The predicted molar refractivity (Wildman–Crippen MR) is 102 cm³/mol. The summed E-state index contributed by atoms with van der Waals surface area (Å²) in [5, 5.41) is 3.91. The highest BCUT2D eigenvalue weighted by atomic mass is 35.5. The number of thiazole rings is 1. The lowest BCUT2D eigenvalue weighted by Crippen LogP contribution is -2.40. The third kappa shape index (κ3) is 3.44. The zero-order valence-electron chi connectivity index (χ0n) is 13.6. The average molecular weight is 381 g/mol. The molecule has 0 unspecified atom stereocenters. The Kier molecular flexibility index (Phi) is 4.76. The molecule has 6 heteroatoms. The van der Waals surface area contributed by atoms with E-state index >= 15 is 0 Å². The van der Waals surface area contributed by atoms with Crippen molar-refractivity contribution in [2.45, 2.75) is 43.0 Å². The Bertz CT molecular complexity index is 763. The molecule has 2 aromatic rings. The molecule has 24 heavy (non-hydrogen) atoms. The van der Waals surface area contributed by atoms with Gasteiger partial charge in [-0.05, 0) is 62.1 Å². The van der Waals surface area contributed by atoms with Gasteiger partial charge in [0.05, 0.1) is 16.0 Å². The fourth-order valence-electron chi connectivity index (χ4n) is 4.38. The number of rotatable bonds is 5. The van der Waals surface area contributed by atoms with E-state index in [0.717, 1.165) is 26.4 Å². The third-order valence-corrected chi connectivity index (χ3v) is 7.89. The summed E-state index contributed by atoms with van der Waals surface area (Å²) in [7, 11) is 0. The van der Waals surface area contributed by atoms with Gasteiger partial charge in [-0.2, -0.15) is 0 Å². The van der Waals surface area contributed by atoms with Crippen molar-refractivity contribution in [1.82, 2.24) is 10.3 Å². The molecule has 0 radical (unpaired) electrons. The zero-order valence-corrected chi connectivity index (χ0v) is 16.0. The molecule has 1 aromatic heterocycles. The van der Waals surface area contributed by atoms with E-state index < -0.39 is 0 Å². The molecule has 1 amide bonds. The number of carbonyl (C=O) groups excluding carboxylic acids is 1. The van der Waals surface area contributed by atoms with Crippen molar-refractivity contribution in [2.75, 3.05) is 5.75 Å². The summed E-state index contributed by atoms with van der Waals surface area (Å²) < 4.78 is 2.03. The van der Waals surface area contributed by atoms with Crippen molar-refractivity contribution in [3.05, 3.63) is 23.2 Å². The van der Waals surface area contributed by atoms with Crippen LogP contribution in [0.1, 0.15) is 32.6 Å². The molecule has 2 aliphatic carbocycles. The molecular formula is C18H21ClN2OS2. The normalized spacial score (nSPS) is 26.8. The van der Waals surface area contributed by atoms with E-state index in [1.807, 2.05) is 18.2 Å². The molecule has 4 atom stereocenters. The zero-order chi connectivity index (χ0) is 16.7. The first-order valence-electron chi connectivity index (χ1n) is 8.57. The molecule has 2 saturated carbocycles. The minimum absolute atomic E-state index is 0.118. The third-order valence-electron chi connectivity index (χ3n) is 5.48. The van der Waals surface area contributed by atoms with Crippen LogP contribution in [0.15, 0.2) is 22.5 Å². The molecule has 4 rings (SSSR count). The van der Waals surface area contributed by atoms with Crippen LogP contribution in [0.25, 0.3) is 10.2 Å². The van der Waals surface area contributed by atoms with Crippen LogP contribution < -0.4 is 5.32 Å². The number of hydrogen-bond acceptors (Lipinski definition) is 4. The number of nitrogens with zero attached hydrogens (tertiary/aromatic N) is 1. The number of nitrogens with one attached hydrogen (secondary N) is 1. The number of aromatic nitrogens is 1. The van der Waals surface area contributed by atoms with Gasteiger partial charge in [0, 0.05) is 11.1 Å². The van der Waals surface area contributed by atoms with Crippen LogP contribution in [0.5, 0.6) is 0 Å². The maximum atomic E-state index is 12.3. The molecular weight excluding hydrogens is 360 g/mol. The van der Waals surface area contributed by atoms with Crippen molar-refractivity contribution in [3.63, 3.8) is 0 Å². The summed E-state index contributed by atoms with van der Waals surface area (Å²) in [4.78, 5) is 16.8. The van der Waals surface area contributed by atoms with E-state index in [1.165, 1.54) is 37.4 Å². The maximum absolute atomic E-state index is 12.3. The summed E-state index contributed by atoms with van der Waals surface area (Å²) in [5.74, 6) is 2.99. The predicted octanol–water partition coefficient (Wildman–Crippen LogP) is 4.98. The van der Waals surface area contributed by atoms with Gasteiger partial charge in [-0.1, -0.05) is 29.8 Å². The highest BCUT2D eigenvalue weighted by Gasteiger charge is 2.42. The highest BCUT2D eigenvalue weighted by molar-refractivity contribution is 8.01. The van der Waals surface area contributed by atoms with Crippen molar-refractivity contribution in [3.8, 4) is 0 Å². The van der Waals surface area contributed by atoms with Gasteiger partial charge in [-0.3, -0.25) is 4.79 Å². The summed E-state index contributed by atoms with van der Waals surface area (Å²) in [5.41, 5.74) is 0.908. The fraction of sp³-hybridized carbons (Fsp3) is 0.556. The summed E-state index contributed by atoms with van der Waals surface area (Å²) in [6.07, 6.45) is 5.45. The number of carbonyl (C=O) groups is 1. The second-order valence-corrected chi connectivity index (χ2v) is 9.76. The number of hydrogen-bond donors (Lipinski definition) is 1. The Morgan fingerprint density at radius 3 is 3.08 bits per heavy atom. The largest absolute Gasteiger partial charge is 0.353 e. The van der Waals surface area contributed by atoms with Gasteiger partial charge in [-0.15, -0.1) is 11.3 Å². The van der Waals surface area contributed by atoms with Crippen LogP contribution >= 0.6 is 34.7 Å². The molecule has 0 saturated heterocycles. The van der Waals surface area contributed by atoms with E-state index in [2.05, 4.69) is 17.2 Å². The van der Waals surface area contributed by atoms with Crippen LogP contribution in [-0.4, -0.2) is 22.7 Å². The molecule has 0 aliphatic heterocycles. The van der Waals surface area contributed by atoms with Gasteiger partial charge in [-0.25, -0.2) is 4.98 Å². The SMILES string of the molecule is C[C@H](NC(=O)CSc1nc2cc(Cl)ccc2s1)[C@@H]1C[C@H]2CC[C@H]1C2. The van der Waals surface area contributed by atoms with Crippen LogP contribution in [-0.2, 0) is 4.79 Å². The van der Waals surface area contributed by atoms with Gasteiger partial charge in [0.15, 0.2) is 4.34 Å². The van der Waals surface area contributed by atoms with Gasteiger partial charge in [0.2, 0.25) is 5.91 Å². The molecule has 2 aliphatic rings. The molecule has 2 bridgehead atoms. The topological polar surface area (TPSA) is 42.0 Å². The average Bonchev–Trinajstić information content (AvgIpc) is 3.27. The van der Waals surface area contributed by atoms with E-state index in [-0.39, 0.29) is 5.91 Å². The molecule has 0 spiro atoms. The van der Waals surface area contributed by atoms with Gasteiger partial charge >= 0.3 is 0 Å². The first kappa shape index (κ1) is 16.7.